The van der Waals surface area contributed by atoms with Crippen LogP contribution < -0.4 is 5.73 Å². The van der Waals surface area contributed by atoms with E-state index in [0.717, 1.165) is 19.4 Å². The first-order valence-electron chi connectivity index (χ1n) is 7.69. The second-order valence-corrected chi connectivity index (χ2v) is 8.30. The Balaban J connectivity index is 2.00. The molecule has 0 spiro atoms. The Morgan fingerprint density at radius 2 is 2.05 bits per heavy atom. The smallest absolute Gasteiger partial charge is 0.246 e. The lowest BCUT2D eigenvalue weighted by molar-refractivity contribution is -0.145. The topological polar surface area (TPSA) is 66.6 Å². The van der Waals surface area contributed by atoms with E-state index in [1.807, 2.05) is 4.90 Å². The number of nitrogens with zero attached hydrogens (tertiary/aromatic N) is 2. The van der Waals surface area contributed by atoms with Gasteiger partial charge in [-0.2, -0.15) is 0 Å². The van der Waals surface area contributed by atoms with Crippen molar-refractivity contribution in [1.29, 1.82) is 0 Å². The molecule has 2 heterocycles. The normalized spacial score (nSPS) is 27.0. The first kappa shape index (κ1) is 16.6. The van der Waals surface area contributed by atoms with Crippen molar-refractivity contribution >= 4 is 23.6 Å². The molecule has 2 saturated heterocycles. The minimum atomic E-state index is -0.296. The molecule has 2 aliphatic rings. The zero-order valence-corrected chi connectivity index (χ0v) is 14.1. The summed E-state index contributed by atoms with van der Waals surface area (Å²) in [7, 11) is 0. The van der Waals surface area contributed by atoms with Gasteiger partial charge in [0.15, 0.2) is 0 Å². The number of carbonyl (C=O) groups is 2. The molecule has 120 valence electrons. The lowest BCUT2D eigenvalue weighted by atomic mass is 9.91. The van der Waals surface area contributed by atoms with Crippen LogP contribution in [0.3, 0.4) is 0 Å². The Hall–Kier alpha value is -0.750. The average molecular weight is 313 g/mol. The van der Waals surface area contributed by atoms with Crippen molar-refractivity contribution in [3.8, 4) is 0 Å². The van der Waals surface area contributed by atoms with Gasteiger partial charge in [0.25, 0.3) is 0 Å². The van der Waals surface area contributed by atoms with Gasteiger partial charge in [0, 0.05) is 31.3 Å². The summed E-state index contributed by atoms with van der Waals surface area (Å²) in [5.74, 6) is 1.51. The predicted octanol–water partition coefficient (Wildman–Crippen LogP) is 1.27. The molecule has 2 aliphatic heterocycles. The second kappa shape index (κ2) is 6.57. The summed E-state index contributed by atoms with van der Waals surface area (Å²) in [6.07, 6.45) is 2.43. The van der Waals surface area contributed by atoms with Gasteiger partial charge in [0.05, 0.1) is 5.88 Å². The molecule has 0 aliphatic carbocycles. The highest BCUT2D eigenvalue weighted by molar-refractivity contribution is 7.99. The fraction of sp³-hybridized carbons (Fsp3) is 0.867. The van der Waals surface area contributed by atoms with E-state index in [9.17, 15) is 9.59 Å². The van der Waals surface area contributed by atoms with E-state index in [1.165, 1.54) is 0 Å². The molecule has 2 unspecified atom stereocenters. The SMILES string of the molecule is CC(C)(C)CC(=O)N1CSCC1C(=O)N1CCCC(N)C1. The first-order chi connectivity index (χ1) is 9.78. The second-order valence-electron chi connectivity index (χ2n) is 7.30. The zero-order chi connectivity index (χ0) is 15.6. The Morgan fingerprint density at radius 1 is 1.33 bits per heavy atom. The number of likely N-dealkylation sites (tertiary alicyclic amines) is 1. The molecule has 0 saturated carbocycles. The molecule has 21 heavy (non-hydrogen) atoms. The lowest BCUT2D eigenvalue weighted by Crippen LogP contribution is -2.54. The zero-order valence-electron chi connectivity index (χ0n) is 13.3. The summed E-state index contributed by atoms with van der Waals surface area (Å²) in [4.78, 5) is 28.7. The van der Waals surface area contributed by atoms with Crippen LogP contribution in [0.1, 0.15) is 40.0 Å². The number of hydrogen-bond donors (Lipinski definition) is 1. The molecular formula is C15H27N3O2S. The summed E-state index contributed by atoms with van der Waals surface area (Å²) in [5, 5.41) is 0. The van der Waals surface area contributed by atoms with E-state index in [4.69, 9.17) is 5.73 Å². The third kappa shape index (κ3) is 4.36. The Bertz CT molecular complexity index is 408. The third-order valence-corrected chi connectivity index (χ3v) is 4.95. The largest absolute Gasteiger partial charge is 0.339 e. The number of carbonyl (C=O) groups excluding carboxylic acids is 2. The summed E-state index contributed by atoms with van der Waals surface area (Å²) < 4.78 is 0. The molecule has 2 rings (SSSR count). The van der Waals surface area contributed by atoms with E-state index < -0.39 is 0 Å². The third-order valence-electron chi connectivity index (χ3n) is 3.94. The van der Waals surface area contributed by atoms with Crippen LogP contribution in [0.2, 0.25) is 0 Å². The minimum absolute atomic E-state index is 0.0502. The van der Waals surface area contributed by atoms with E-state index in [-0.39, 0.29) is 29.3 Å². The van der Waals surface area contributed by atoms with Crippen molar-refractivity contribution in [2.45, 2.75) is 52.1 Å². The van der Waals surface area contributed by atoms with Gasteiger partial charge in [0.2, 0.25) is 11.8 Å². The van der Waals surface area contributed by atoms with Crippen molar-refractivity contribution in [1.82, 2.24) is 9.80 Å². The van der Waals surface area contributed by atoms with Crippen LogP contribution in [-0.4, -0.2) is 58.4 Å². The Labute approximate surface area is 131 Å². The van der Waals surface area contributed by atoms with E-state index in [2.05, 4.69) is 20.8 Å². The van der Waals surface area contributed by atoms with E-state index >= 15 is 0 Å². The maximum Gasteiger partial charge on any atom is 0.246 e. The number of rotatable bonds is 2. The highest BCUT2D eigenvalue weighted by Gasteiger charge is 2.38. The van der Waals surface area contributed by atoms with Gasteiger partial charge < -0.3 is 15.5 Å². The van der Waals surface area contributed by atoms with Crippen LogP contribution in [0.4, 0.5) is 0 Å². The summed E-state index contributed by atoms with van der Waals surface area (Å²) in [6, 6.07) is -0.217. The standard InChI is InChI=1S/C15H27N3O2S/c1-15(2,3)7-13(19)18-10-21-9-12(18)14(20)17-6-4-5-11(16)8-17/h11-12H,4-10,16H2,1-3H3. The Morgan fingerprint density at radius 3 is 2.67 bits per heavy atom. The number of hydrogen-bond acceptors (Lipinski definition) is 4. The molecule has 2 N–H and O–H groups in total. The highest BCUT2D eigenvalue weighted by Crippen LogP contribution is 2.27. The van der Waals surface area contributed by atoms with Crippen molar-refractivity contribution in [3.05, 3.63) is 0 Å². The van der Waals surface area contributed by atoms with Crippen molar-refractivity contribution < 1.29 is 9.59 Å². The van der Waals surface area contributed by atoms with Gasteiger partial charge in [0.1, 0.15) is 6.04 Å². The molecule has 0 bridgehead atoms. The molecule has 0 aromatic rings. The molecule has 0 radical (unpaired) electrons. The van der Waals surface area contributed by atoms with Gasteiger partial charge in [-0.1, -0.05) is 20.8 Å². The van der Waals surface area contributed by atoms with Gasteiger partial charge in [-0.15, -0.1) is 11.8 Å². The monoisotopic (exact) mass is 313 g/mol. The number of amides is 2. The maximum atomic E-state index is 12.7. The molecular weight excluding hydrogens is 286 g/mol. The molecule has 2 fully saturated rings. The van der Waals surface area contributed by atoms with E-state index in [0.29, 0.717) is 24.6 Å². The maximum absolute atomic E-state index is 12.7. The predicted molar refractivity (Wildman–Crippen MR) is 85.8 cm³/mol. The highest BCUT2D eigenvalue weighted by atomic mass is 32.2. The fourth-order valence-corrected chi connectivity index (χ4v) is 4.04. The van der Waals surface area contributed by atoms with Gasteiger partial charge in [-0.25, -0.2) is 0 Å². The van der Waals surface area contributed by atoms with Crippen LogP contribution in [0.5, 0.6) is 0 Å². The molecule has 2 amide bonds. The quantitative estimate of drug-likeness (QED) is 0.834. The van der Waals surface area contributed by atoms with Crippen molar-refractivity contribution in [2.75, 3.05) is 24.7 Å². The number of nitrogens with two attached hydrogens (primary N) is 1. The van der Waals surface area contributed by atoms with Crippen LogP contribution in [-0.2, 0) is 9.59 Å². The van der Waals surface area contributed by atoms with Crippen LogP contribution in [0, 0.1) is 5.41 Å². The van der Waals surface area contributed by atoms with E-state index in [1.54, 1.807) is 16.7 Å². The van der Waals surface area contributed by atoms with Gasteiger partial charge >= 0.3 is 0 Å². The summed E-state index contributed by atoms with van der Waals surface area (Å²) in [5.41, 5.74) is 5.91. The van der Waals surface area contributed by atoms with Crippen LogP contribution in [0.15, 0.2) is 0 Å². The summed E-state index contributed by atoms with van der Waals surface area (Å²) >= 11 is 1.66. The molecule has 2 atom stereocenters. The average Bonchev–Trinajstić information content (AvgIpc) is 2.85. The minimum Gasteiger partial charge on any atom is -0.339 e. The molecule has 0 aromatic carbocycles. The summed E-state index contributed by atoms with van der Waals surface area (Å²) in [6.45, 7) is 7.55. The molecule has 6 heteroatoms. The lowest BCUT2D eigenvalue weighted by Gasteiger charge is -2.35. The van der Waals surface area contributed by atoms with Crippen LogP contribution >= 0.6 is 11.8 Å². The van der Waals surface area contributed by atoms with Crippen molar-refractivity contribution in [2.24, 2.45) is 11.1 Å². The first-order valence-corrected chi connectivity index (χ1v) is 8.85. The van der Waals surface area contributed by atoms with Crippen molar-refractivity contribution in [3.63, 3.8) is 0 Å². The number of thioether (sulfide) groups is 1. The molecule has 0 aromatic heterocycles. The van der Waals surface area contributed by atoms with Gasteiger partial charge in [-0.3, -0.25) is 9.59 Å². The number of piperidine rings is 1. The molecule has 5 nitrogen and oxygen atoms in total. The van der Waals surface area contributed by atoms with Gasteiger partial charge in [-0.05, 0) is 18.3 Å². The Kier molecular flexibility index (Phi) is 5.20. The van der Waals surface area contributed by atoms with Crippen LogP contribution in [0.25, 0.3) is 0 Å². The fourth-order valence-electron chi connectivity index (χ4n) is 2.87.